The van der Waals surface area contributed by atoms with Crippen LogP contribution in [-0.2, 0) is 16.0 Å². The average Bonchev–Trinajstić information content (AvgIpc) is 3.44. The van der Waals surface area contributed by atoms with Gasteiger partial charge in [0.25, 0.3) is 0 Å². The molecular weight excluding hydrogens is 460 g/mol. The molecule has 2 aromatic carbocycles. The molecule has 6 nitrogen and oxygen atoms in total. The maximum Gasteiger partial charge on any atom is 0.341 e. The van der Waals surface area contributed by atoms with Gasteiger partial charge in [0.1, 0.15) is 5.75 Å². The SMILES string of the molecule is Cc1ccccc1[C@@H]1C[C@H]1C(=O)N1CCc2ncsc2C1c1cc(Cl)ccc1OCC(=O)O. The Bertz CT molecular complexity index is 1230. The second-order valence-electron chi connectivity index (χ2n) is 8.52. The Morgan fingerprint density at radius 1 is 1.24 bits per heavy atom. The summed E-state index contributed by atoms with van der Waals surface area (Å²) in [7, 11) is 0. The topological polar surface area (TPSA) is 79.7 Å². The van der Waals surface area contributed by atoms with Crippen LogP contribution in [0.5, 0.6) is 5.75 Å². The molecular formula is C25H23ClN2O4S. The summed E-state index contributed by atoms with van der Waals surface area (Å²) in [5.74, 6) is -0.381. The molecule has 1 saturated carbocycles. The zero-order chi connectivity index (χ0) is 23.1. The highest BCUT2D eigenvalue weighted by atomic mass is 35.5. The van der Waals surface area contributed by atoms with Gasteiger partial charge >= 0.3 is 5.97 Å². The number of nitrogens with zero attached hydrogens (tertiary/aromatic N) is 2. The first kappa shape index (κ1) is 21.9. The fraction of sp³-hybridized carbons (Fsp3) is 0.320. The number of hydrogen-bond donors (Lipinski definition) is 1. The number of aromatic nitrogens is 1. The summed E-state index contributed by atoms with van der Waals surface area (Å²) in [5.41, 5.74) is 5.88. The largest absolute Gasteiger partial charge is 0.482 e. The second-order valence-corrected chi connectivity index (χ2v) is 9.84. The van der Waals surface area contributed by atoms with Crippen LogP contribution in [0.1, 0.15) is 45.6 Å². The summed E-state index contributed by atoms with van der Waals surface area (Å²) in [6.07, 6.45) is 1.52. The van der Waals surface area contributed by atoms with Gasteiger partial charge in [0.15, 0.2) is 6.61 Å². The molecule has 170 valence electrons. The molecule has 1 unspecified atom stereocenters. The van der Waals surface area contributed by atoms with Crippen molar-refractivity contribution in [1.82, 2.24) is 9.88 Å². The number of ether oxygens (including phenoxy) is 1. The van der Waals surface area contributed by atoms with E-state index >= 15 is 0 Å². The minimum Gasteiger partial charge on any atom is -0.482 e. The first-order valence-corrected chi connectivity index (χ1v) is 12.1. The zero-order valence-corrected chi connectivity index (χ0v) is 19.6. The summed E-state index contributed by atoms with van der Waals surface area (Å²) in [6, 6.07) is 12.9. The number of carbonyl (C=O) groups is 2. The number of carboxylic acids is 1. The van der Waals surface area contributed by atoms with Crippen molar-refractivity contribution in [3.63, 3.8) is 0 Å². The second kappa shape index (κ2) is 8.80. The number of thiazole rings is 1. The number of hydrogen-bond acceptors (Lipinski definition) is 5. The van der Waals surface area contributed by atoms with Crippen LogP contribution in [0.2, 0.25) is 5.02 Å². The number of halogens is 1. The third-order valence-electron chi connectivity index (χ3n) is 6.42. The Morgan fingerprint density at radius 2 is 2.06 bits per heavy atom. The van der Waals surface area contributed by atoms with E-state index in [9.17, 15) is 9.59 Å². The Labute approximate surface area is 200 Å². The van der Waals surface area contributed by atoms with Crippen LogP contribution in [0, 0.1) is 12.8 Å². The lowest BCUT2D eigenvalue weighted by molar-refractivity contribution is -0.139. The summed E-state index contributed by atoms with van der Waals surface area (Å²) in [4.78, 5) is 32.3. The third-order valence-corrected chi connectivity index (χ3v) is 7.58. The van der Waals surface area contributed by atoms with E-state index in [4.69, 9.17) is 21.4 Å². The quantitative estimate of drug-likeness (QED) is 0.543. The predicted octanol–water partition coefficient (Wildman–Crippen LogP) is 4.85. The number of benzene rings is 2. The zero-order valence-electron chi connectivity index (χ0n) is 18.0. The van der Waals surface area contributed by atoms with E-state index < -0.39 is 18.6 Å². The third kappa shape index (κ3) is 4.23. The van der Waals surface area contributed by atoms with Crippen LogP contribution in [0.4, 0.5) is 0 Å². The highest BCUT2D eigenvalue weighted by molar-refractivity contribution is 7.09. The van der Waals surface area contributed by atoms with Gasteiger partial charge in [-0.1, -0.05) is 35.9 Å². The minimum atomic E-state index is -1.06. The molecule has 1 N–H and O–H groups in total. The number of rotatable bonds is 6. The molecule has 3 atom stereocenters. The van der Waals surface area contributed by atoms with Crippen molar-refractivity contribution < 1.29 is 19.4 Å². The summed E-state index contributed by atoms with van der Waals surface area (Å²) in [5, 5.41) is 9.61. The van der Waals surface area contributed by atoms with Crippen LogP contribution >= 0.6 is 22.9 Å². The number of aliphatic carboxylic acids is 1. The molecule has 0 bridgehead atoms. The molecule has 1 aliphatic carbocycles. The molecule has 1 amide bonds. The van der Waals surface area contributed by atoms with E-state index in [0.717, 1.165) is 17.0 Å². The van der Waals surface area contributed by atoms with Crippen molar-refractivity contribution in [2.24, 2.45) is 5.92 Å². The van der Waals surface area contributed by atoms with E-state index in [0.29, 0.717) is 29.3 Å². The molecule has 0 spiro atoms. The van der Waals surface area contributed by atoms with Gasteiger partial charge in [-0.25, -0.2) is 9.78 Å². The standard InChI is InChI=1S/C25H23ClN2O4S/c1-14-4-2-3-5-16(14)17-11-18(17)25(31)28-9-8-20-24(33-13-27-20)23(28)19-10-15(26)6-7-21(19)32-12-22(29)30/h2-7,10,13,17-18,23H,8-9,11-12H2,1H3,(H,29,30)/t17-,18+,23?/m0/s1. The highest BCUT2D eigenvalue weighted by Gasteiger charge is 2.49. The van der Waals surface area contributed by atoms with Crippen LogP contribution in [0.3, 0.4) is 0 Å². The van der Waals surface area contributed by atoms with Gasteiger partial charge in [0.2, 0.25) is 5.91 Å². The molecule has 5 rings (SSSR count). The first-order valence-electron chi connectivity index (χ1n) is 10.9. The lowest BCUT2D eigenvalue weighted by Crippen LogP contribution is -2.41. The van der Waals surface area contributed by atoms with Gasteiger partial charge in [-0.2, -0.15) is 0 Å². The first-order chi connectivity index (χ1) is 15.9. The minimum absolute atomic E-state index is 0.0642. The van der Waals surface area contributed by atoms with Gasteiger partial charge in [-0.3, -0.25) is 4.79 Å². The van der Waals surface area contributed by atoms with Gasteiger partial charge in [-0.05, 0) is 48.6 Å². The highest BCUT2D eigenvalue weighted by Crippen LogP contribution is 2.52. The lowest BCUT2D eigenvalue weighted by atomic mass is 9.95. The molecule has 1 aliphatic heterocycles. The normalized spacial score (nSPS) is 21.4. The van der Waals surface area contributed by atoms with Gasteiger partial charge < -0.3 is 14.7 Å². The summed E-state index contributed by atoms with van der Waals surface area (Å²) >= 11 is 7.84. The maximum absolute atomic E-state index is 13.8. The Kier molecular flexibility index (Phi) is 5.85. The van der Waals surface area contributed by atoms with E-state index in [-0.39, 0.29) is 17.7 Å². The van der Waals surface area contributed by atoms with Crippen molar-refractivity contribution in [3.05, 3.63) is 80.3 Å². The van der Waals surface area contributed by atoms with Gasteiger partial charge in [0.05, 0.1) is 22.1 Å². The number of aryl methyl sites for hydroxylation is 1. The van der Waals surface area contributed by atoms with Crippen LogP contribution in [0.15, 0.2) is 48.0 Å². The van der Waals surface area contributed by atoms with Crippen molar-refractivity contribution in [2.45, 2.75) is 31.7 Å². The smallest absolute Gasteiger partial charge is 0.341 e. The molecule has 2 heterocycles. The molecule has 0 radical (unpaired) electrons. The summed E-state index contributed by atoms with van der Waals surface area (Å²) in [6.45, 7) is 2.16. The number of carbonyl (C=O) groups excluding carboxylic acids is 1. The van der Waals surface area contributed by atoms with Crippen molar-refractivity contribution in [3.8, 4) is 5.75 Å². The van der Waals surface area contributed by atoms with Gasteiger partial charge in [0, 0.05) is 29.5 Å². The number of fused-ring (bicyclic) bond motifs is 1. The van der Waals surface area contributed by atoms with E-state index in [1.54, 1.807) is 23.7 Å². The molecule has 8 heteroatoms. The average molecular weight is 483 g/mol. The van der Waals surface area contributed by atoms with Crippen LogP contribution < -0.4 is 4.74 Å². The van der Waals surface area contributed by atoms with E-state index in [1.165, 1.54) is 22.5 Å². The predicted molar refractivity (Wildman–Crippen MR) is 126 cm³/mol. The Balaban J connectivity index is 1.50. The monoisotopic (exact) mass is 482 g/mol. The van der Waals surface area contributed by atoms with Crippen LogP contribution in [-0.4, -0.2) is 40.0 Å². The summed E-state index contributed by atoms with van der Waals surface area (Å²) < 4.78 is 5.60. The Hall–Kier alpha value is -2.90. The molecule has 3 aromatic rings. The maximum atomic E-state index is 13.8. The Morgan fingerprint density at radius 3 is 2.85 bits per heavy atom. The molecule has 1 fully saturated rings. The van der Waals surface area contributed by atoms with Crippen molar-refractivity contribution in [2.75, 3.05) is 13.2 Å². The number of carboxylic acid groups (broad SMARTS) is 1. The van der Waals surface area contributed by atoms with Crippen molar-refractivity contribution >= 4 is 34.8 Å². The molecule has 0 saturated heterocycles. The molecule has 33 heavy (non-hydrogen) atoms. The fourth-order valence-corrected chi connectivity index (χ4v) is 5.91. The van der Waals surface area contributed by atoms with Gasteiger partial charge in [-0.15, -0.1) is 11.3 Å². The fourth-order valence-electron chi connectivity index (χ4n) is 4.76. The molecule has 1 aromatic heterocycles. The molecule has 2 aliphatic rings. The van der Waals surface area contributed by atoms with E-state index in [2.05, 4.69) is 24.0 Å². The van der Waals surface area contributed by atoms with E-state index in [1.807, 2.05) is 17.0 Å². The van der Waals surface area contributed by atoms with Crippen molar-refractivity contribution in [1.29, 1.82) is 0 Å². The van der Waals surface area contributed by atoms with Crippen LogP contribution in [0.25, 0.3) is 0 Å². The number of amides is 1. The lowest BCUT2D eigenvalue weighted by Gasteiger charge is -2.36.